The number of fused-ring (bicyclic) bond motifs is 1. The lowest BCUT2D eigenvalue weighted by molar-refractivity contribution is 0.102. The van der Waals surface area contributed by atoms with Crippen molar-refractivity contribution in [3.05, 3.63) is 58.6 Å². The minimum absolute atomic E-state index is 0.293. The van der Waals surface area contributed by atoms with Gasteiger partial charge < -0.3 is 0 Å². The summed E-state index contributed by atoms with van der Waals surface area (Å²) in [4.78, 5) is 16.1. The highest BCUT2D eigenvalue weighted by molar-refractivity contribution is 7.22. The summed E-state index contributed by atoms with van der Waals surface area (Å²) in [5, 5.41) is 3.30. The van der Waals surface area contributed by atoms with E-state index in [1.54, 1.807) is 18.2 Å². The van der Waals surface area contributed by atoms with E-state index in [1.807, 2.05) is 0 Å². The maximum absolute atomic E-state index is 13.5. The van der Waals surface area contributed by atoms with E-state index < -0.39 is 17.5 Å². The summed E-state index contributed by atoms with van der Waals surface area (Å²) in [6, 6.07) is 7.81. The monoisotopic (exact) mass is 324 g/mol. The number of aromatic nitrogens is 1. The van der Waals surface area contributed by atoms with Crippen molar-refractivity contribution in [2.24, 2.45) is 0 Å². The standard InChI is InChI=1S/C14H7ClF2N2OS/c15-7-1-4-11-12(5-7)21-14(18-11)19-13(20)9-6-8(16)2-3-10(9)17/h1-6H,(H,18,19,20). The summed E-state index contributed by atoms with van der Waals surface area (Å²) in [5.74, 6) is -2.23. The Hall–Kier alpha value is -2.05. The predicted octanol–water partition coefficient (Wildman–Crippen LogP) is 4.48. The van der Waals surface area contributed by atoms with Crippen LogP contribution in [0.4, 0.5) is 13.9 Å². The first-order chi connectivity index (χ1) is 10.0. The molecule has 3 nitrogen and oxygen atoms in total. The predicted molar refractivity (Wildman–Crippen MR) is 78.9 cm³/mol. The highest BCUT2D eigenvalue weighted by atomic mass is 35.5. The zero-order valence-corrected chi connectivity index (χ0v) is 11.9. The minimum atomic E-state index is -0.793. The van der Waals surface area contributed by atoms with Crippen LogP contribution < -0.4 is 5.32 Å². The Morgan fingerprint density at radius 3 is 2.81 bits per heavy atom. The fraction of sp³-hybridized carbons (Fsp3) is 0. The van der Waals surface area contributed by atoms with Crippen molar-refractivity contribution in [1.82, 2.24) is 4.98 Å². The first kappa shape index (κ1) is 13.9. The third-order valence-corrected chi connectivity index (χ3v) is 3.91. The number of anilines is 1. The van der Waals surface area contributed by atoms with Crippen LogP contribution in [0.25, 0.3) is 10.2 Å². The molecule has 21 heavy (non-hydrogen) atoms. The molecule has 3 aromatic rings. The van der Waals surface area contributed by atoms with E-state index in [9.17, 15) is 13.6 Å². The van der Waals surface area contributed by atoms with Crippen molar-refractivity contribution in [3.8, 4) is 0 Å². The Balaban J connectivity index is 1.90. The molecule has 3 rings (SSSR count). The van der Waals surface area contributed by atoms with Gasteiger partial charge in [-0.1, -0.05) is 22.9 Å². The maximum atomic E-state index is 13.5. The maximum Gasteiger partial charge on any atom is 0.260 e. The number of amides is 1. The summed E-state index contributed by atoms with van der Waals surface area (Å²) in [6.45, 7) is 0. The van der Waals surface area contributed by atoms with Gasteiger partial charge in [0.2, 0.25) is 0 Å². The van der Waals surface area contributed by atoms with E-state index in [0.29, 0.717) is 15.7 Å². The van der Waals surface area contributed by atoms with Crippen molar-refractivity contribution in [2.75, 3.05) is 5.32 Å². The smallest absolute Gasteiger partial charge is 0.260 e. The van der Waals surface area contributed by atoms with Crippen LogP contribution in [0.3, 0.4) is 0 Å². The second-order valence-corrected chi connectivity index (χ2v) is 5.68. The van der Waals surface area contributed by atoms with Crippen molar-refractivity contribution < 1.29 is 13.6 Å². The molecule has 1 heterocycles. The molecule has 7 heteroatoms. The Kier molecular flexibility index (Phi) is 3.57. The molecule has 0 spiro atoms. The largest absolute Gasteiger partial charge is 0.298 e. The van der Waals surface area contributed by atoms with Crippen molar-refractivity contribution in [3.63, 3.8) is 0 Å². The average molecular weight is 325 g/mol. The molecule has 0 saturated carbocycles. The van der Waals surface area contributed by atoms with Crippen LogP contribution in [0.5, 0.6) is 0 Å². The number of carbonyl (C=O) groups is 1. The lowest BCUT2D eigenvalue weighted by atomic mass is 10.2. The lowest BCUT2D eigenvalue weighted by Gasteiger charge is -2.02. The highest BCUT2D eigenvalue weighted by Crippen LogP contribution is 2.28. The number of halogens is 3. The summed E-state index contributed by atoms with van der Waals surface area (Å²) in [5.41, 5.74) is 0.298. The van der Waals surface area contributed by atoms with E-state index in [-0.39, 0.29) is 5.56 Å². The van der Waals surface area contributed by atoms with Crippen LogP contribution in [0.2, 0.25) is 5.02 Å². The van der Waals surface area contributed by atoms with E-state index in [0.717, 1.165) is 22.9 Å². The molecule has 0 saturated heterocycles. The quantitative estimate of drug-likeness (QED) is 0.755. The SMILES string of the molecule is O=C(Nc1nc2ccc(Cl)cc2s1)c1cc(F)ccc1F. The van der Waals surface area contributed by atoms with Gasteiger partial charge in [0.25, 0.3) is 5.91 Å². The van der Waals surface area contributed by atoms with Crippen LogP contribution in [0.15, 0.2) is 36.4 Å². The molecule has 1 aromatic heterocycles. The second kappa shape index (κ2) is 5.38. The first-order valence-corrected chi connectivity index (χ1v) is 7.05. The Labute approximate surface area is 127 Å². The van der Waals surface area contributed by atoms with Crippen molar-refractivity contribution in [2.45, 2.75) is 0 Å². The molecular formula is C14H7ClF2N2OS. The molecule has 0 aliphatic rings. The summed E-state index contributed by atoms with van der Waals surface area (Å²) in [7, 11) is 0. The number of hydrogen-bond acceptors (Lipinski definition) is 3. The summed E-state index contributed by atoms with van der Waals surface area (Å²) < 4.78 is 27.4. The Morgan fingerprint density at radius 1 is 1.19 bits per heavy atom. The third kappa shape index (κ3) is 2.86. The van der Waals surface area contributed by atoms with E-state index in [4.69, 9.17) is 11.6 Å². The van der Waals surface area contributed by atoms with Gasteiger partial charge in [-0.25, -0.2) is 13.8 Å². The highest BCUT2D eigenvalue weighted by Gasteiger charge is 2.15. The van der Waals surface area contributed by atoms with Crippen LogP contribution in [-0.4, -0.2) is 10.9 Å². The Bertz CT molecular complexity index is 850. The minimum Gasteiger partial charge on any atom is -0.298 e. The fourth-order valence-electron chi connectivity index (χ4n) is 1.79. The zero-order chi connectivity index (χ0) is 15.0. The molecule has 0 fully saturated rings. The molecule has 0 radical (unpaired) electrons. The zero-order valence-electron chi connectivity index (χ0n) is 10.4. The second-order valence-electron chi connectivity index (χ2n) is 4.21. The van der Waals surface area contributed by atoms with E-state index in [2.05, 4.69) is 10.3 Å². The van der Waals surface area contributed by atoms with Gasteiger partial charge in [0.15, 0.2) is 5.13 Å². The first-order valence-electron chi connectivity index (χ1n) is 5.85. The summed E-state index contributed by atoms with van der Waals surface area (Å²) in [6.07, 6.45) is 0. The number of rotatable bonds is 2. The molecule has 0 bridgehead atoms. The molecule has 0 aliphatic heterocycles. The normalized spacial score (nSPS) is 10.8. The van der Waals surface area contributed by atoms with E-state index in [1.165, 1.54) is 11.3 Å². The number of carbonyl (C=O) groups excluding carboxylic acids is 1. The molecule has 106 valence electrons. The van der Waals surface area contributed by atoms with Crippen molar-refractivity contribution in [1.29, 1.82) is 0 Å². The summed E-state index contributed by atoms with van der Waals surface area (Å²) >= 11 is 7.07. The fourth-order valence-corrected chi connectivity index (χ4v) is 2.92. The molecule has 2 aromatic carbocycles. The molecule has 0 aliphatic carbocycles. The molecule has 0 unspecified atom stereocenters. The molecule has 1 N–H and O–H groups in total. The topological polar surface area (TPSA) is 42.0 Å². The van der Waals surface area contributed by atoms with Gasteiger partial charge in [0, 0.05) is 5.02 Å². The number of benzene rings is 2. The molecular weight excluding hydrogens is 318 g/mol. The number of thiazole rings is 1. The van der Waals surface area contributed by atoms with Gasteiger partial charge in [-0.3, -0.25) is 10.1 Å². The van der Waals surface area contributed by atoms with Crippen molar-refractivity contribution >= 4 is 44.2 Å². The number of nitrogens with zero attached hydrogens (tertiary/aromatic N) is 1. The van der Waals surface area contributed by atoms with Gasteiger partial charge in [0.1, 0.15) is 11.6 Å². The van der Waals surface area contributed by atoms with Gasteiger partial charge in [-0.2, -0.15) is 0 Å². The van der Waals surface area contributed by atoms with Crippen LogP contribution >= 0.6 is 22.9 Å². The molecule has 1 amide bonds. The van der Waals surface area contributed by atoms with Gasteiger partial charge in [-0.15, -0.1) is 0 Å². The van der Waals surface area contributed by atoms with Crippen LogP contribution in [0.1, 0.15) is 10.4 Å². The van der Waals surface area contributed by atoms with Gasteiger partial charge >= 0.3 is 0 Å². The van der Waals surface area contributed by atoms with Crippen LogP contribution in [-0.2, 0) is 0 Å². The Morgan fingerprint density at radius 2 is 2.00 bits per heavy atom. The average Bonchev–Trinajstić information content (AvgIpc) is 2.82. The van der Waals surface area contributed by atoms with Gasteiger partial charge in [0.05, 0.1) is 15.8 Å². The van der Waals surface area contributed by atoms with Gasteiger partial charge in [-0.05, 0) is 36.4 Å². The van der Waals surface area contributed by atoms with Crippen LogP contribution in [0, 0.1) is 11.6 Å². The lowest BCUT2D eigenvalue weighted by Crippen LogP contribution is -2.13. The third-order valence-electron chi connectivity index (χ3n) is 2.74. The number of hydrogen-bond donors (Lipinski definition) is 1. The van der Waals surface area contributed by atoms with E-state index >= 15 is 0 Å². The molecule has 0 atom stereocenters. The number of nitrogens with one attached hydrogen (secondary N) is 1.